The van der Waals surface area contributed by atoms with E-state index in [1.54, 1.807) is 12.1 Å². The van der Waals surface area contributed by atoms with E-state index in [9.17, 15) is 9.59 Å². The first kappa shape index (κ1) is 17.4. The molecule has 0 radical (unpaired) electrons. The number of aryl methyl sites for hydroxylation is 1. The summed E-state index contributed by atoms with van der Waals surface area (Å²) in [6.07, 6.45) is 1.59. The van der Waals surface area contributed by atoms with Gasteiger partial charge in [0.15, 0.2) is 0 Å². The number of amides is 1. The minimum Gasteiger partial charge on any atom is -0.480 e. The van der Waals surface area contributed by atoms with Crippen LogP contribution in [0, 0.1) is 6.92 Å². The van der Waals surface area contributed by atoms with Crippen molar-refractivity contribution < 1.29 is 19.1 Å². The molecule has 1 unspecified atom stereocenters. The molecule has 1 aromatic heterocycles. The van der Waals surface area contributed by atoms with E-state index in [1.807, 2.05) is 37.3 Å². The number of nitrogens with zero attached hydrogens (tertiary/aromatic N) is 1. The normalized spacial score (nSPS) is 17.4. The smallest absolute Gasteiger partial charge is 0.326 e. The van der Waals surface area contributed by atoms with E-state index in [-0.39, 0.29) is 4.32 Å². The second kappa shape index (κ2) is 6.85. The zero-order valence-corrected chi connectivity index (χ0v) is 15.2. The van der Waals surface area contributed by atoms with Crippen molar-refractivity contribution in [2.75, 3.05) is 0 Å². The Bertz CT molecular complexity index is 883. The predicted octanol–water partition coefficient (Wildman–Crippen LogP) is 3.93. The van der Waals surface area contributed by atoms with Crippen molar-refractivity contribution in [1.29, 1.82) is 0 Å². The maximum Gasteiger partial charge on any atom is 0.326 e. The minimum absolute atomic E-state index is 0.233. The van der Waals surface area contributed by atoms with E-state index in [2.05, 4.69) is 0 Å². The van der Waals surface area contributed by atoms with Crippen molar-refractivity contribution in [3.8, 4) is 11.3 Å². The molecule has 2 aromatic rings. The molecule has 5 nitrogen and oxygen atoms in total. The Labute approximate surface area is 154 Å². The van der Waals surface area contributed by atoms with Gasteiger partial charge in [-0.2, -0.15) is 0 Å². The molecule has 1 saturated heterocycles. The van der Waals surface area contributed by atoms with Gasteiger partial charge in [0, 0.05) is 11.6 Å². The Balaban J connectivity index is 1.84. The lowest BCUT2D eigenvalue weighted by atomic mass is 10.1. The van der Waals surface area contributed by atoms with E-state index >= 15 is 0 Å². The van der Waals surface area contributed by atoms with E-state index in [0.29, 0.717) is 16.4 Å². The summed E-state index contributed by atoms with van der Waals surface area (Å²) >= 11 is 6.21. The Morgan fingerprint density at radius 3 is 2.60 bits per heavy atom. The number of carbonyl (C=O) groups is 2. The summed E-state index contributed by atoms with van der Waals surface area (Å²) < 4.78 is 6.01. The van der Waals surface area contributed by atoms with Crippen LogP contribution < -0.4 is 0 Å². The summed E-state index contributed by atoms with van der Waals surface area (Å²) in [6, 6.07) is 10.5. The third kappa shape index (κ3) is 3.52. The van der Waals surface area contributed by atoms with Crippen LogP contribution in [0.3, 0.4) is 0 Å². The highest BCUT2D eigenvalue weighted by molar-refractivity contribution is 8.26. The van der Waals surface area contributed by atoms with Crippen molar-refractivity contribution in [1.82, 2.24) is 4.90 Å². The maximum absolute atomic E-state index is 12.4. The number of carboxylic acids is 1. The summed E-state index contributed by atoms with van der Waals surface area (Å²) in [6.45, 7) is 3.44. The largest absolute Gasteiger partial charge is 0.480 e. The van der Waals surface area contributed by atoms with Crippen LogP contribution in [0.4, 0.5) is 0 Å². The van der Waals surface area contributed by atoms with Gasteiger partial charge in [-0.3, -0.25) is 9.69 Å². The zero-order valence-electron chi connectivity index (χ0n) is 13.6. The fraction of sp³-hybridized carbons (Fsp3) is 0.167. The molecule has 25 heavy (non-hydrogen) atoms. The highest BCUT2D eigenvalue weighted by Gasteiger charge is 2.38. The minimum atomic E-state index is -1.10. The number of hydrogen-bond acceptors (Lipinski definition) is 5. The number of rotatable bonds is 4. The van der Waals surface area contributed by atoms with Crippen LogP contribution in [-0.2, 0) is 9.59 Å². The van der Waals surface area contributed by atoms with Gasteiger partial charge in [0.05, 0.1) is 4.91 Å². The van der Waals surface area contributed by atoms with Crippen molar-refractivity contribution in [3.05, 3.63) is 52.6 Å². The van der Waals surface area contributed by atoms with Crippen LogP contribution in [0.15, 0.2) is 45.7 Å². The number of hydrogen-bond donors (Lipinski definition) is 1. The molecule has 3 rings (SSSR count). The second-order valence-corrected chi connectivity index (χ2v) is 7.31. The van der Waals surface area contributed by atoms with Crippen molar-refractivity contribution in [2.24, 2.45) is 0 Å². The van der Waals surface area contributed by atoms with Crippen molar-refractivity contribution in [2.45, 2.75) is 19.9 Å². The monoisotopic (exact) mass is 373 g/mol. The molecule has 1 amide bonds. The lowest BCUT2D eigenvalue weighted by Gasteiger charge is -2.18. The Hall–Kier alpha value is -2.38. The van der Waals surface area contributed by atoms with Crippen LogP contribution in [-0.4, -0.2) is 32.2 Å². The lowest BCUT2D eigenvalue weighted by molar-refractivity contribution is -0.144. The zero-order chi connectivity index (χ0) is 18.1. The Kier molecular flexibility index (Phi) is 4.78. The van der Waals surface area contributed by atoms with Crippen LogP contribution in [0.25, 0.3) is 17.4 Å². The van der Waals surface area contributed by atoms with Crippen LogP contribution in [0.1, 0.15) is 18.2 Å². The van der Waals surface area contributed by atoms with Crippen molar-refractivity contribution >= 4 is 46.3 Å². The molecule has 128 valence electrons. The van der Waals surface area contributed by atoms with Gasteiger partial charge in [0.2, 0.25) is 0 Å². The third-order valence-corrected chi connectivity index (χ3v) is 5.13. The van der Waals surface area contributed by atoms with E-state index in [0.717, 1.165) is 27.8 Å². The highest BCUT2D eigenvalue weighted by atomic mass is 32.2. The number of thiocarbonyl (C=S) groups is 1. The van der Waals surface area contributed by atoms with E-state index in [1.165, 1.54) is 6.92 Å². The molecule has 2 heterocycles. The number of thioether (sulfide) groups is 1. The average molecular weight is 373 g/mol. The molecule has 0 bridgehead atoms. The summed E-state index contributed by atoms with van der Waals surface area (Å²) in [5.74, 6) is -0.310. The number of carbonyl (C=O) groups excluding carboxylic acids is 1. The lowest BCUT2D eigenvalue weighted by Crippen LogP contribution is -2.41. The SMILES string of the molecule is Cc1ccc(-c2ccc(/C=C3/SC(=S)N(C(C)C(=O)O)C3=O)o2)cc1. The molecular formula is C18H15NO4S2. The van der Waals surface area contributed by atoms with Gasteiger partial charge >= 0.3 is 5.97 Å². The molecule has 1 aliphatic rings. The van der Waals surface area contributed by atoms with Gasteiger partial charge in [-0.25, -0.2) is 4.79 Å². The Morgan fingerprint density at radius 2 is 1.96 bits per heavy atom. The first-order valence-electron chi connectivity index (χ1n) is 7.53. The van der Waals surface area contributed by atoms with Gasteiger partial charge in [0.1, 0.15) is 21.9 Å². The summed E-state index contributed by atoms with van der Waals surface area (Å²) in [5.41, 5.74) is 2.10. The van der Waals surface area contributed by atoms with Crippen LogP contribution in [0.5, 0.6) is 0 Å². The predicted molar refractivity (Wildman–Crippen MR) is 101 cm³/mol. The fourth-order valence-electron chi connectivity index (χ4n) is 2.36. The molecule has 1 atom stereocenters. The van der Waals surface area contributed by atoms with E-state index in [4.69, 9.17) is 21.7 Å². The van der Waals surface area contributed by atoms with Crippen LogP contribution >= 0.6 is 24.0 Å². The highest BCUT2D eigenvalue weighted by Crippen LogP contribution is 2.34. The fourth-order valence-corrected chi connectivity index (χ4v) is 3.76. The summed E-state index contributed by atoms with van der Waals surface area (Å²) in [5, 5.41) is 9.10. The third-order valence-electron chi connectivity index (χ3n) is 3.80. The maximum atomic E-state index is 12.4. The topological polar surface area (TPSA) is 70.8 Å². The number of benzene rings is 1. The first-order chi connectivity index (χ1) is 11.9. The first-order valence-corrected chi connectivity index (χ1v) is 8.76. The molecular weight excluding hydrogens is 358 g/mol. The molecule has 0 spiro atoms. The summed E-state index contributed by atoms with van der Waals surface area (Å²) in [4.78, 5) is 25.0. The van der Waals surface area contributed by atoms with Gasteiger partial charge in [-0.15, -0.1) is 0 Å². The number of aliphatic carboxylic acids is 1. The average Bonchev–Trinajstić information content (AvgIpc) is 3.13. The Morgan fingerprint density at radius 1 is 1.28 bits per heavy atom. The summed E-state index contributed by atoms with van der Waals surface area (Å²) in [7, 11) is 0. The quantitative estimate of drug-likeness (QED) is 0.647. The van der Waals surface area contributed by atoms with Crippen molar-refractivity contribution in [3.63, 3.8) is 0 Å². The number of furan rings is 1. The molecule has 1 N–H and O–H groups in total. The molecule has 0 saturated carbocycles. The van der Waals surface area contributed by atoms with Gasteiger partial charge in [-0.1, -0.05) is 53.8 Å². The number of carboxylic acid groups (broad SMARTS) is 1. The molecule has 7 heteroatoms. The van der Waals surface area contributed by atoms with Gasteiger partial charge in [0.25, 0.3) is 5.91 Å². The molecule has 1 fully saturated rings. The van der Waals surface area contributed by atoms with Gasteiger partial charge < -0.3 is 9.52 Å². The van der Waals surface area contributed by atoms with Gasteiger partial charge in [-0.05, 0) is 26.0 Å². The molecule has 1 aromatic carbocycles. The molecule has 1 aliphatic heterocycles. The van der Waals surface area contributed by atoms with E-state index < -0.39 is 17.9 Å². The molecule has 0 aliphatic carbocycles. The standard InChI is InChI=1S/C18H15NO4S2/c1-10-3-5-12(6-4-10)14-8-7-13(23-14)9-15-16(20)19(18(24)25-15)11(2)17(21)22/h3-9,11H,1-2H3,(H,21,22)/b15-9+. The second-order valence-electron chi connectivity index (χ2n) is 5.63. The van der Waals surface area contributed by atoms with Crippen LogP contribution in [0.2, 0.25) is 0 Å².